The van der Waals surface area contributed by atoms with Gasteiger partial charge in [-0.15, -0.1) is 0 Å². The molecule has 0 radical (unpaired) electrons. The van der Waals surface area contributed by atoms with Crippen LogP contribution in [-0.4, -0.2) is 16.5 Å². The van der Waals surface area contributed by atoms with Crippen LogP contribution < -0.4 is 10.6 Å². The van der Waals surface area contributed by atoms with Gasteiger partial charge in [-0.1, -0.05) is 31.2 Å². The molecule has 1 aromatic carbocycles. The molecule has 4 nitrogen and oxygen atoms in total. The Bertz CT molecular complexity index is 595. The van der Waals surface area contributed by atoms with Gasteiger partial charge in [-0.05, 0) is 38.3 Å². The maximum absolute atomic E-state index is 4.38. The van der Waals surface area contributed by atoms with Crippen molar-refractivity contribution >= 4 is 11.6 Å². The van der Waals surface area contributed by atoms with Gasteiger partial charge in [0.2, 0.25) is 0 Å². The summed E-state index contributed by atoms with van der Waals surface area (Å²) in [6, 6.07) is 8.63. The van der Waals surface area contributed by atoms with E-state index >= 15 is 0 Å². The SMILES string of the molecule is CCCNc1ncnc(NC(C)c2ccccc2C)c1C. The van der Waals surface area contributed by atoms with Gasteiger partial charge in [-0.25, -0.2) is 9.97 Å². The molecule has 0 aliphatic rings. The number of anilines is 2. The normalized spacial score (nSPS) is 12.0. The Hall–Kier alpha value is -2.10. The third kappa shape index (κ3) is 3.72. The Morgan fingerprint density at radius 2 is 1.81 bits per heavy atom. The fourth-order valence-electron chi connectivity index (χ4n) is 2.37. The van der Waals surface area contributed by atoms with E-state index in [0.29, 0.717) is 0 Å². The highest BCUT2D eigenvalue weighted by atomic mass is 15.1. The first-order valence-electron chi connectivity index (χ1n) is 7.51. The molecule has 0 aliphatic carbocycles. The summed E-state index contributed by atoms with van der Waals surface area (Å²) < 4.78 is 0. The standard InChI is InChI=1S/C17H24N4/c1-5-10-18-16-13(3)17(20-11-19-16)21-14(4)15-9-7-6-8-12(15)2/h6-9,11,14H,5,10H2,1-4H3,(H2,18,19,20,21). The van der Waals surface area contributed by atoms with E-state index in [2.05, 4.69) is 65.6 Å². The van der Waals surface area contributed by atoms with Crippen LogP contribution in [0.25, 0.3) is 0 Å². The summed E-state index contributed by atoms with van der Waals surface area (Å²) >= 11 is 0. The smallest absolute Gasteiger partial charge is 0.134 e. The Labute approximate surface area is 127 Å². The number of aryl methyl sites for hydroxylation is 1. The molecule has 0 aliphatic heterocycles. The van der Waals surface area contributed by atoms with Crippen molar-refractivity contribution in [1.82, 2.24) is 9.97 Å². The highest BCUT2D eigenvalue weighted by molar-refractivity contribution is 5.57. The highest BCUT2D eigenvalue weighted by Crippen LogP contribution is 2.25. The van der Waals surface area contributed by atoms with E-state index in [1.54, 1.807) is 6.33 Å². The molecule has 2 aromatic rings. The summed E-state index contributed by atoms with van der Waals surface area (Å²) in [6.07, 6.45) is 2.68. The van der Waals surface area contributed by atoms with Gasteiger partial charge in [0, 0.05) is 12.1 Å². The Morgan fingerprint density at radius 3 is 2.52 bits per heavy atom. The molecular formula is C17H24N4. The molecule has 0 bridgehead atoms. The van der Waals surface area contributed by atoms with Crippen LogP contribution in [0.15, 0.2) is 30.6 Å². The molecular weight excluding hydrogens is 260 g/mol. The molecule has 21 heavy (non-hydrogen) atoms. The molecule has 1 aromatic heterocycles. The lowest BCUT2D eigenvalue weighted by molar-refractivity contribution is 0.858. The van der Waals surface area contributed by atoms with E-state index in [-0.39, 0.29) is 6.04 Å². The second-order valence-electron chi connectivity index (χ2n) is 5.35. The predicted octanol–water partition coefficient (Wildman–Crippen LogP) is 4.09. The van der Waals surface area contributed by atoms with Crippen molar-refractivity contribution in [1.29, 1.82) is 0 Å². The first-order valence-corrected chi connectivity index (χ1v) is 7.51. The second-order valence-corrected chi connectivity index (χ2v) is 5.35. The molecule has 112 valence electrons. The topological polar surface area (TPSA) is 49.8 Å². The molecule has 0 fully saturated rings. The lowest BCUT2D eigenvalue weighted by atomic mass is 10.0. The van der Waals surface area contributed by atoms with E-state index in [9.17, 15) is 0 Å². The highest BCUT2D eigenvalue weighted by Gasteiger charge is 2.12. The number of nitrogens with zero attached hydrogens (tertiary/aromatic N) is 2. The van der Waals surface area contributed by atoms with Crippen LogP contribution in [-0.2, 0) is 0 Å². The number of rotatable bonds is 6. The largest absolute Gasteiger partial charge is 0.370 e. The van der Waals surface area contributed by atoms with Crippen molar-refractivity contribution in [3.63, 3.8) is 0 Å². The fourth-order valence-corrected chi connectivity index (χ4v) is 2.37. The molecule has 0 amide bonds. The number of hydrogen-bond donors (Lipinski definition) is 2. The molecule has 1 unspecified atom stereocenters. The van der Waals surface area contributed by atoms with E-state index < -0.39 is 0 Å². The molecule has 0 saturated heterocycles. The monoisotopic (exact) mass is 284 g/mol. The summed E-state index contributed by atoms with van der Waals surface area (Å²) in [5, 5.41) is 6.83. The van der Waals surface area contributed by atoms with Crippen LogP contribution in [0.1, 0.15) is 43.0 Å². The van der Waals surface area contributed by atoms with E-state index in [4.69, 9.17) is 0 Å². The van der Waals surface area contributed by atoms with Crippen LogP contribution in [0.4, 0.5) is 11.6 Å². The molecule has 4 heteroatoms. The lowest BCUT2D eigenvalue weighted by Gasteiger charge is -2.19. The number of aromatic nitrogens is 2. The van der Waals surface area contributed by atoms with E-state index in [1.165, 1.54) is 11.1 Å². The van der Waals surface area contributed by atoms with Crippen molar-refractivity contribution in [3.05, 3.63) is 47.3 Å². The minimum absolute atomic E-state index is 0.207. The van der Waals surface area contributed by atoms with Gasteiger partial charge in [-0.2, -0.15) is 0 Å². The summed E-state index contributed by atoms with van der Waals surface area (Å²) in [7, 11) is 0. The van der Waals surface area contributed by atoms with E-state index in [0.717, 1.165) is 30.2 Å². The molecule has 1 heterocycles. The van der Waals surface area contributed by atoms with Crippen LogP contribution in [0.3, 0.4) is 0 Å². The molecule has 0 saturated carbocycles. The summed E-state index contributed by atoms with van der Waals surface area (Å²) in [6.45, 7) is 9.40. The third-order valence-corrected chi connectivity index (χ3v) is 3.63. The maximum atomic E-state index is 4.38. The Balaban J connectivity index is 2.18. The minimum atomic E-state index is 0.207. The first kappa shape index (κ1) is 15.3. The summed E-state index contributed by atoms with van der Waals surface area (Å²) in [5.74, 6) is 1.80. The number of nitrogens with one attached hydrogen (secondary N) is 2. The summed E-state index contributed by atoms with van der Waals surface area (Å²) in [5.41, 5.74) is 3.64. The van der Waals surface area contributed by atoms with Crippen LogP contribution in [0.5, 0.6) is 0 Å². The minimum Gasteiger partial charge on any atom is -0.370 e. The van der Waals surface area contributed by atoms with Gasteiger partial charge in [0.1, 0.15) is 18.0 Å². The molecule has 2 rings (SSSR count). The fraction of sp³-hybridized carbons (Fsp3) is 0.412. The zero-order valence-corrected chi connectivity index (χ0v) is 13.3. The van der Waals surface area contributed by atoms with Gasteiger partial charge in [-0.3, -0.25) is 0 Å². The second kappa shape index (κ2) is 7.07. The van der Waals surface area contributed by atoms with Crippen LogP contribution in [0, 0.1) is 13.8 Å². The van der Waals surface area contributed by atoms with Crippen molar-refractivity contribution in [3.8, 4) is 0 Å². The van der Waals surface area contributed by atoms with Crippen molar-refractivity contribution in [2.75, 3.05) is 17.2 Å². The maximum Gasteiger partial charge on any atom is 0.134 e. The van der Waals surface area contributed by atoms with Gasteiger partial charge in [0.15, 0.2) is 0 Å². The van der Waals surface area contributed by atoms with E-state index in [1.807, 2.05) is 6.92 Å². The van der Waals surface area contributed by atoms with Gasteiger partial charge in [0.05, 0.1) is 6.04 Å². The quantitative estimate of drug-likeness (QED) is 0.839. The number of benzene rings is 1. The summed E-state index contributed by atoms with van der Waals surface area (Å²) in [4.78, 5) is 8.69. The first-order chi connectivity index (χ1) is 10.1. The Kier molecular flexibility index (Phi) is 5.14. The van der Waals surface area contributed by atoms with Gasteiger partial charge >= 0.3 is 0 Å². The Morgan fingerprint density at radius 1 is 1.10 bits per heavy atom. The van der Waals surface area contributed by atoms with Crippen molar-refractivity contribution in [2.45, 2.75) is 40.2 Å². The van der Waals surface area contributed by atoms with Crippen LogP contribution >= 0.6 is 0 Å². The van der Waals surface area contributed by atoms with Crippen LogP contribution in [0.2, 0.25) is 0 Å². The predicted molar refractivity (Wildman–Crippen MR) is 88.8 cm³/mol. The number of hydrogen-bond acceptors (Lipinski definition) is 4. The lowest BCUT2D eigenvalue weighted by Crippen LogP contribution is -2.12. The molecule has 0 spiro atoms. The molecule has 2 N–H and O–H groups in total. The third-order valence-electron chi connectivity index (χ3n) is 3.63. The average Bonchev–Trinajstić information content (AvgIpc) is 2.48. The average molecular weight is 284 g/mol. The van der Waals surface area contributed by atoms with Gasteiger partial charge < -0.3 is 10.6 Å². The molecule has 1 atom stereocenters. The van der Waals surface area contributed by atoms with Crippen molar-refractivity contribution in [2.24, 2.45) is 0 Å². The zero-order valence-electron chi connectivity index (χ0n) is 13.3. The van der Waals surface area contributed by atoms with Gasteiger partial charge in [0.25, 0.3) is 0 Å². The zero-order chi connectivity index (χ0) is 15.2. The van der Waals surface area contributed by atoms with Crippen molar-refractivity contribution < 1.29 is 0 Å².